The maximum absolute atomic E-state index is 4.97. The number of hydrogen-bond acceptors (Lipinski definition) is 4. The Kier molecular flexibility index (Phi) is 5.40. The lowest BCUT2D eigenvalue weighted by Gasteiger charge is -2.03. The predicted octanol–water partition coefficient (Wildman–Crippen LogP) is 2.00. The summed E-state index contributed by atoms with van der Waals surface area (Å²) in [4.78, 5) is 4.28. The molecule has 0 saturated heterocycles. The summed E-state index contributed by atoms with van der Waals surface area (Å²) in [7, 11) is 3.64. The highest BCUT2D eigenvalue weighted by Crippen LogP contribution is 2.13. The van der Waals surface area contributed by atoms with E-state index in [9.17, 15) is 0 Å². The van der Waals surface area contributed by atoms with E-state index in [2.05, 4.69) is 16.4 Å². The van der Waals surface area contributed by atoms with Gasteiger partial charge in [-0.15, -0.1) is 0 Å². The van der Waals surface area contributed by atoms with Gasteiger partial charge in [-0.05, 0) is 12.1 Å². The van der Waals surface area contributed by atoms with E-state index in [0.29, 0.717) is 0 Å². The summed E-state index contributed by atoms with van der Waals surface area (Å²) in [6.45, 7) is 0.802. The van der Waals surface area contributed by atoms with Crippen molar-refractivity contribution in [2.45, 2.75) is 5.75 Å². The summed E-state index contributed by atoms with van der Waals surface area (Å²) in [5.41, 5.74) is 2.22. The molecule has 1 N–H and O–H groups in total. The predicted molar refractivity (Wildman–Crippen MR) is 61.8 cm³/mol. The lowest BCUT2D eigenvalue weighted by atomic mass is 10.3. The third kappa shape index (κ3) is 3.98. The molecule has 0 amide bonds. The second-order valence-corrected chi connectivity index (χ2v) is 3.94. The van der Waals surface area contributed by atoms with Crippen molar-refractivity contribution in [3.8, 4) is 0 Å². The first-order valence-electron chi connectivity index (χ1n) is 4.56. The molecular formula is C10H16N2OS. The van der Waals surface area contributed by atoms with Gasteiger partial charge in [-0.25, -0.2) is 0 Å². The number of rotatable bonds is 6. The van der Waals surface area contributed by atoms with E-state index < -0.39 is 0 Å². The van der Waals surface area contributed by atoms with E-state index >= 15 is 0 Å². The van der Waals surface area contributed by atoms with Crippen molar-refractivity contribution in [1.29, 1.82) is 0 Å². The van der Waals surface area contributed by atoms with Crippen LogP contribution in [0.1, 0.15) is 5.69 Å². The summed E-state index contributed by atoms with van der Waals surface area (Å²) in [5, 5.41) is 3.09. The van der Waals surface area contributed by atoms with Gasteiger partial charge in [0.1, 0.15) is 0 Å². The Morgan fingerprint density at radius 1 is 1.57 bits per heavy atom. The van der Waals surface area contributed by atoms with Gasteiger partial charge in [-0.2, -0.15) is 11.8 Å². The topological polar surface area (TPSA) is 34.2 Å². The van der Waals surface area contributed by atoms with Crippen molar-refractivity contribution in [3.05, 3.63) is 24.0 Å². The molecule has 1 aromatic heterocycles. The molecule has 1 heterocycles. The Balaban J connectivity index is 2.34. The van der Waals surface area contributed by atoms with Crippen LogP contribution in [-0.4, -0.2) is 31.5 Å². The second-order valence-electron chi connectivity index (χ2n) is 2.83. The molecule has 0 saturated carbocycles. The van der Waals surface area contributed by atoms with Crippen LogP contribution in [0.2, 0.25) is 0 Å². The molecule has 78 valence electrons. The average molecular weight is 212 g/mol. The van der Waals surface area contributed by atoms with E-state index in [-0.39, 0.29) is 0 Å². The van der Waals surface area contributed by atoms with Gasteiger partial charge in [0.15, 0.2) is 0 Å². The maximum atomic E-state index is 4.97. The van der Waals surface area contributed by atoms with Gasteiger partial charge < -0.3 is 10.1 Å². The molecule has 1 rings (SSSR count). The van der Waals surface area contributed by atoms with Crippen LogP contribution in [0.25, 0.3) is 0 Å². The third-order valence-electron chi connectivity index (χ3n) is 1.79. The van der Waals surface area contributed by atoms with Crippen molar-refractivity contribution in [1.82, 2.24) is 4.98 Å². The van der Waals surface area contributed by atoms with E-state index in [4.69, 9.17) is 4.74 Å². The molecule has 0 aliphatic heterocycles. The Morgan fingerprint density at radius 3 is 3.14 bits per heavy atom. The molecule has 0 fully saturated rings. The maximum Gasteiger partial charge on any atom is 0.0553 e. The number of thioether (sulfide) groups is 1. The number of aromatic nitrogens is 1. The van der Waals surface area contributed by atoms with Crippen LogP contribution in [-0.2, 0) is 10.5 Å². The highest BCUT2D eigenvalue weighted by Gasteiger charge is 1.96. The van der Waals surface area contributed by atoms with Crippen molar-refractivity contribution < 1.29 is 4.74 Å². The summed E-state index contributed by atoms with van der Waals surface area (Å²) in [5.74, 6) is 1.96. The molecule has 0 aromatic carbocycles. The molecular weight excluding hydrogens is 196 g/mol. The average Bonchev–Trinajstić information content (AvgIpc) is 2.25. The lowest BCUT2D eigenvalue weighted by molar-refractivity contribution is 0.218. The van der Waals surface area contributed by atoms with Crippen LogP contribution in [0.4, 0.5) is 5.69 Å². The van der Waals surface area contributed by atoms with Crippen LogP contribution < -0.4 is 5.32 Å². The third-order valence-corrected chi connectivity index (χ3v) is 2.74. The van der Waals surface area contributed by atoms with E-state index in [1.54, 1.807) is 7.11 Å². The molecule has 0 spiro atoms. The van der Waals surface area contributed by atoms with Crippen LogP contribution in [0.3, 0.4) is 0 Å². The minimum atomic E-state index is 0.802. The Morgan fingerprint density at radius 2 is 2.43 bits per heavy atom. The molecule has 0 aliphatic carbocycles. The highest BCUT2D eigenvalue weighted by molar-refractivity contribution is 7.98. The Bertz CT molecular complexity index is 268. The summed E-state index contributed by atoms with van der Waals surface area (Å²) in [6.07, 6.45) is 1.83. The molecule has 0 radical (unpaired) electrons. The normalized spacial score (nSPS) is 10.1. The van der Waals surface area contributed by atoms with E-state index in [1.165, 1.54) is 0 Å². The molecule has 1 aromatic rings. The monoisotopic (exact) mass is 212 g/mol. The number of pyridine rings is 1. The lowest BCUT2D eigenvalue weighted by Crippen LogP contribution is -1.95. The smallest absolute Gasteiger partial charge is 0.0553 e. The van der Waals surface area contributed by atoms with Crippen molar-refractivity contribution in [2.24, 2.45) is 0 Å². The largest absolute Gasteiger partial charge is 0.388 e. The van der Waals surface area contributed by atoms with Crippen molar-refractivity contribution in [3.63, 3.8) is 0 Å². The molecule has 0 bridgehead atoms. The van der Waals surface area contributed by atoms with Gasteiger partial charge in [-0.1, -0.05) is 0 Å². The van der Waals surface area contributed by atoms with Crippen molar-refractivity contribution in [2.75, 3.05) is 31.8 Å². The van der Waals surface area contributed by atoms with Gasteiger partial charge in [0.25, 0.3) is 0 Å². The summed E-state index contributed by atoms with van der Waals surface area (Å²) >= 11 is 1.83. The van der Waals surface area contributed by atoms with Crippen molar-refractivity contribution >= 4 is 17.4 Å². The number of nitrogens with zero attached hydrogens (tertiary/aromatic N) is 1. The molecule has 4 heteroatoms. The molecule has 0 unspecified atom stereocenters. The fraction of sp³-hybridized carbons (Fsp3) is 0.500. The van der Waals surface area contributed by atoms with Crippen LogP contribution in [0.15, 0.2) is 18.3 Å². The first-order valence-corrected chi connectivity index (χ1v) is 5.71. The highest BCUT2D eigenvalue weighted by atomic mass is 32.2. The number of hydrogen-bond donors (Lipinski definition) is 1. The number of nitrogens with one attached hydrogen (secondary N) is 1. The minimum absolute atomic E-state index is 0.802. The summed E-state index contributed by atoms with van der Waals surface area (Å²) in [6, 6.07) is 4.03. The first-order chi connectivity index (χ1) is 6.86. The first kappa shape index (κ1) is 11.3. The van der Waals surface area contributed by atoms with Gasteiger partial charge >= 0.3 is 0 Å². The van der Waals surface area contributed by atoms with Gasteiger partial charge in [0.2, 0.25) is 0 Å². The molecule has 3 nitrogen and oxygen atoms in total. The second kappa shape index (κ2) is 6.68. The van der Waals surface area contributed by atoms with E-state index in [1.807, 2.05) is 31.1 Å². The standard InChI is InChI=1S/C10H16N2OS/c1-11-9-3-4-12-10(7-9)8-14-6-5-13-2/h3-4,7H,5-6,8H2,1-2H3,(H,11,12). The minimum Gasteiger partial charge on any atom is -0.388 e. The van der Waals surface area contributed by atoms with Crippen LogP contribution in [0, 0.1) is 0 Å². The quantitative estimate of drug-likeness (QED) is 0.731. The number of ether oxygens (including phenoxy) is 1. The zero-order valence-electron chi connectivity index (χ0n) is 8.62. The Hall–Kier alpha value is -0.740. The van der Waals surface area contributed by atoms with Gasteiger partial charge in [-0.3, -0.25) is 4.98 Å². The van der Waals surface area contributed by atoms with Gasteiger partial charge in [0.05, 0.1) is 12.3 Å². The SMILES string of the molecule is CNc1ccnc(CSCCOC)c1. The molecule has 0 aliphatic rings. The van der Waals surface area contributed by atoms with Gasteiger partial charge in [0, 0.05) is 37.5 Å². The fourth-order valence-electron chi connectivity index (χ4n) is 1.03. The van der Waals surface area contributed by atoms with Crippen LogP contribution >= 0.6 is 11.8 Å². The fourth-order valence-corrected chi connectivity index (χ4v) is 1.83. The van der Waals surface area contributed by atoms with Crippen LogP contribution in [0.5, 0.6) is 0 Å². The molecule has 0 atom stereocenters. The number of anilines is 1. The Labute approximate surface area is 89.3 Å². The summed E-state index contributed by atoms with van der Waals surface area (Å²) < 4.78 is 4.97. The van der Waals surface area contributed by atoms with E-state index in [0.717, 1.165) is 29.5 Å². The zero-order chi connectivity index (χ0) is 10.2. The number of methoxy groups -OCH3 is 1. The zero-order valence-corrected chi connectivity index (χ0v) is 9.43. The molecule has 14 heavy (non-hydrogen) atoms.